The lowest BCUT2D eigenvalue weighted by Gasteiger charge is -2.17. The Morgan fingerprint density at radius 3 is 2.46 bits per heavy atom. The zero-order valence-corrected chi connectivity index (χ0v) is 8.22. The summed E-state index contributed by atoms with van der Waals surface area (Å²) in [6.07, 6.45) is 2.47. The van der Waals surface area contributed by atoms with Crippen molar-refractivity contribution in [3.63, 3.8) is 0 Å². The molecule has 0 aliphatic carbocycles. The fourth-order valence-electron chi connectivity index (χ4n) is 1.02. The van der Waals surface area contributed by atoms with Crippen molar-refractivity contribution in [1.29, 1.82) is 0 Å². The van der Waals surface area contributed by atoms with Crippen LogP contribution >= 0.6 is 0 Å². The lowest BCUT2D eigenvalue weighted by atomic mass is 9.88. The second-order valence-electron chi connectivity index (χ2n) is 3.80. The van der Waals surface area contributed by atoms with Crippen LogP contribution in [0.3, 0.4) is 0 Å². The third kappa shape index (κ3) is 2.34. The van der Waals surface area contributed by atoms with Gasteiger partial charge in [0.25, 0.3) is 0 Å². The SMILES string of the molecule is C=CC(C)(C)Cc1oc(=O)oc1C. The van der Waals surface area contributed by atoms with Crippen molar-refractivity contribution >= 4 is 0 Å². The van der Waals surface area contributed by atoms with E-state index < -0.39 is 5.82 Å². The van der Waals surface area contributed by atoms with Crippen LogP contribution in [0.1, 0.15) is 25.4 Å². The van der Waals surface area contributed by atoms with Gasteiger partial charge in [-0.1, -0.05) is 19.9 Å². The topological polar surface area (TPSA) is 43.4 Å². The Morgan fingerprint density at radius 2 is 2.08 bits per heavy atom. The first kappa shape index (κ1) is 9.84. The molecule has 1 aromatic rings. The van der Waals surface area contributed by atoms with E-state index in [1.165, 1.54) is 0 Å². The maximum Gasteiger partial charge on any atom is 0.519 e. The smallest absolute Gasteiger partial charge is 0.396 e. The summed E-state index contributed by atoms with van der Waals surface area (Å²) in [5.74, 6) is 0.530. The second-order valence-corrected chi connectivity index (χ2v) is 3.80. The van der Waals surface area contributed by atoms with Crippen LogP contribution in [0.15, 0.2) is 26.3 Å². The Labute approximate surface area is 77.1 Å². The molecule has 0 amide bonds. The lowest BCUT2D eigenvalue weighted by molar-refractivity contribution is 0.351. The van der Waals surface area contributed by atoms with Crippen molar-refractivity contribution in [3.8, 4) is 0 Å². The first-order valence-electron chi connectivity index (χ1n) is 4.17. The Kier molecular flexibility index (Phi) is 2.45. The summed E-state index contributed by atoms with van der Waals surface area (Å²) < 4.78 is 9.63. The molecule has 0 bridgehead atoms. The van der Waals surface area contributed by atoms with Gasteiger partial charge >= 0.3 is 5.82 Å². The predicted octanol–water partition coefficient (Wildman–Crippen LogP) is 2.30. The van der Waals surface area contributed by atoms with Crippen molar-refractivity contribution in [1.82, 2.24) is 0 Å². The van der Waals surface area contributed by atoms with Gasteiger partial charge in [-0.15, -0.1) is 6.58 Å². The predicted molar refractivity (Wildman–Crippen MR) is 49.7 cm³/mol. The number of rotatable bonds is 3. The van der Waals surface area contributed by atoms with E-state index in [1.54, 1.807) is 6.92 Å². The maximum absolute atomic E-state index is 10.7. The first-order valence-corrected chi connectivity index (χ1v) is 4.17. The summed E-state index contributed by atoms with van der Waals surface area (Å²) in [6.45, 7) is 9.48. The third-order valence-corrected chi connectivity index (χ3v) is 2.00. The van der Waals surface area contributed by atoms with Gasteiger partial charge in [-0.3, -0.25) is 0 Å². The minimum Gasteiger partial charge on any atom is -0.396 e. The van der Waals surface area contributed by atoms with Crippen LogP contribution in [0.4, 0.5) is 0 Å². The van der Waals surface area contributed by atoms with Gasteiger partial charge in [0.2, 0.25) is 0 Å². The first-order chi connectivity index (χ1) is 5.94. The molecule has 0 aliphatic heterocycles. The molecule has 0 aliphatic rings. The molecule has 1 rings (SSSR count). The summed E-state index contributed by atoms with van der Waals surface area (Å²) in [5.41, 5.74) is -0.0788. The molecule has 0 fully saturated rings. The Morgan fingerprint density at radius 1 is 1.46 bits per heavy atom. The number of allylic oxidation sites excluding steroid dienone is 1. The maximum atomic E-state index is 10.7. The molecule has 13 heavy (non-hydrogen) atoms. The van der Waals surface area contributed by atoms with Gasteiger partial charge in [0.1, 0.15) is 5.76 Å². The molecule has 0 unspecified atom stereocenters. The molecule has 3 nitrogen and oxygen atoms in total. The number of hydrogen-bond acceptors (Lipinski definition) is 3. The van der Waals surface area contributed by atoms with E-state index in [0.29, 0.717) is 17.9 Å². The molecule has 0 saturated heterocycles. The van der Waals surface area contributed by atoms with Crippen LogP contribution in [-0.4, -0.2) is 0 Å². The van der Waals surface area contributed by atoms with Gasteiger partial charge in [-0.25, -0.2) is 4.79 Å². The lowest BCUT2D eigenvalue weighted by Crippen LogP contribution is -2.11. The molecule has 0 atom stereocenters. The fraction of sp³-hybridized carbons (Fsp3) is 0.500. The standard InChI is InChI=1S/C10H14O3/c1-5-10(3,4)6-8-7(2)12-9(11)13-8/h5H,1,6H2,2-4H3. The quantitative estimate of drug-likeness (QED) is 0.673. The molecule has 1 heterocycles. The van der Waals surface area contributed by atoms with E-state index in [1.807, 2.05) is 19.9 Å². The monoisotopic (exact) mass is 182 g/mol. The largest absolute Gasteiger partial charge is 0.519 e. The molecule has 3 heteroatoms. The van der Waals surface area contributed by atoms with Crippen LogP contribution in [0, 0.1) is 12.3 Å². The van der Waals surface area contributed by atoms with Gasteiger partial charge in [0, 0.05) is 6.42 Å². The average molecular weight is 182 g/mol. The zero-order chi connectivity index (χ0) is 10.1. The van der Waals surface area contributed by atoms with Crippen molar-refractivity contribution < 1.29 is 8.83 Å². The van der Waals surface area contributed by atoms with E-state index in [2.05, 4.69) is 6.58 Å². The molecule has 0 spiro atoms. The molecule has 0 saturated carbocycles. The molecule has 0 N–H and O–H groups in total. The van der Waals surface area contributed by atoms with Crippen molar-refractivity contribution in [3.05, 3.63) is 34.8 Å². The second kappa shape index (κ2) is 3.24. The molecule has 1 aromatic heterocycles. The zero-order valence-electron chi connectivity index (χ0n) is 8.22. The van der Waals surface area contributed by atoms with Crippen LogP contribution in [0.25, 0.3) is 0 Å². The van der Waals surface area contributed by atoms with E-state index >= 15 is 0 Å². The summed E-state index contributed by atoms with van der Waals surface area (Å²) in [4.78, 5) is 10.7. The molecule has 0 aromatic carbocycles. The number of aryl methyl sites for hydroxylation is 1. The van der Waals surface area contributed by atoms with Crippen molar-refractivity contribution in [2.45, 2.75) is 27.2 Å². The summed E-state index contributed by atoms with van der Waals surface area (Å²) in [7, 11) is 0. The molecule has 72 valence electrons. The van der Waals surface area contributed by atoms with E-state index in [-0.39, 0.29) is 5.41 Å². The average Bonchev–Trinajstić information content (AvgIpc) is 2.30. The van der Waals surface area contributed by atoms with Gasteiger partial charge < -0.3 is 8.83 Å². The van der Waals surface area contributed by atoms with Crippen molar-refractivity contribution in [2.75, 3.05) is 0 Å². The Bertz CT molecular complexity index is 354. The normalized spacial score (nSPS) is 11.6. The van der Waals surface area contributed by atoms with E-state index in [4.69, 9.17) is 8.83 Å². The molecular weight excluding hydrogens is 168 g/mol. The third-order valence-electron chi connectivity index (χ3n) is 2.00. The number of hydrogen-bond donors (Lipinski definition) is 0. The van der Waals surface area contributed by atoms with Crippen molar-refractivity contribution in [2.24, 2.45) is 5.41 Å². The molecular formula is C10H14O3. The van der Waals surface area contributed by atoms with Gasteiger partial charge in [-0.05, 0) is 12.3 Å². The Balaban J connectivity index is 2.92. The minimum atomic E-state index is -0.632. The summed E-state index contributed by atoms with van der Waals surface area (Å²) >= 11 is 0. The van der Waals surface area contributed by atoms with Gasteiger partial charge in [0.15, 0.2) is 5.76 Å². The minimum absolute atomic E-state index is 0.0788. The van der Waals surface area contributed by atoms with E-state index in [0.717, 1.165) is 0 Å². The summed E-state index contributed by atoms with van der Waals surface area (Å²) in [6, 6.07) is 0. The van der Waals surface area contributed by atoms with Crippen LogP contribution in [0.2, 0.25) is 0 Å². The van der Waals surface area contributed by atoms with Crippen LogP contribution in [0.5, 0.6) is 0 Å². The highest BCUT2D eigenvalue weighted by Gasteiger charge is 2.19. The van der Waals surface area contributed by atoms with Crippen LogP contribution < -0.4 is 5.82 Å². The molecule has 0 radical (unpaired) electrons. The highest BCUT2D eigenvalue weighted by molar-refractivity contribution is 5.06. The summed E-state index contributed by atoms with van der Waals surface area (Å²) in [5, 5.41) is 0. The van der Waals surface area contributed by atoms with Gasteiger partial charge in [-0.2, -0.15) is 0 Å². The van der Waals surface area contributed by atoms with Crippen LogP contribution in [-0.2, 0) is 6.42 Å². The Hall–Kier alpha value is -1.25. The van der Waals surface area contributed by atoms with Gasteiger partial charge in [0.05, 0.1) is 0 Å². The highest BCUT2D eigenvalue weighted by Crippen LogP contribution is 2.23. The fourth-order valence-corrected chi connectivity index (χ4v) is 1.02. The van der Waals surface area contributed by atoms with E-state index in [9.17, 15) is 4.79 Å². The highest BCUT2D eigenvalue weighted by atomic mass is 16.6.